The number of carbonyl (C=O) groups excluding carboxylic acids is 2. The third kappa shape index (κ3) is 8.77. The monoisotopic (exact) mass is 325 g/mol. The van der Waals surface area contributed by atoms with E-state index in [9.17, 15) is 9.59 Å². The van der Waals surface area contributed by atoms with Crippen molar-refractivity contribution in [2.24, 2.45) is 11.7 Å². The van der Waals surface area contributed by atoms with Gasteiger partial charge in [-0.1, -0.05) is 26.8 Å². The highest BCUT2D eigenvalue weighted by Crippen LogP contribution is 2.17. The molecule has 0 aliphatic heterocycles. The Labute approximate surface area is 137 Å². The van der Waals surface area contributed by atoms with E-state index in [0.717, 1.165) is 13.0 Å². The van der Waals surface area contributed by atoms with Crippen molar-refractivity contribution in [2.45, 2.75) is 33.8 Å². The molecule has 0 saturated heterocycles. The zero-order valence-electron chi connectivity index (χ0n) is 14.3. The first-order valence-electron chi connectivity index (χ1n) is 7.57. The first-order chi connectivity index (χ1) is 11.0. The molecule has 7 nitrogen and oxygen atoms in total. The lowest BCUT2D eigenvalue weighted by atomic mass is 10.2. The summed E-state index contributed by atoms with van der Waals surface area (Å²) in [5.74, 6) is 1.08. The SMILES string of the molecule is CC(C)CN.CCCOC(=O)N(C)c1ncccc1COC=O. The molecule has 1 aromatic heterocycles. The van der Waals surface area contributed by atoms with Crippen LogP contribution in [0.1, 0.15) is 32.8 Å². The number of anilines is 1. The molecule has 0 aliphatic carbocycles. The van der Waals surface area contributed by atoms with Crippen molar-refractivity contribution < 1.29 is 19.1 Å². The number of carbonyl (C=O) groups is 2. The van der Waals surface area contributed by atoms with E-state index in [1.807, 2.05) is 6.92 Å². The second kappa shape index (κ2) is 12.4. The van der Waals surface area contributed by atoms with Crippen LogP contribution >= 0.6 is 0 Å². The van der Waals surface area contributed by atoms with E-state index in [-0.39, 0.29) is 6.61 Å². The maximum atomic E-state index is 11.7. The van der Waals surface area contributed by atoms with Gasteiger partial charge < -0.3 is 15.2 Å². The Morgan fingerprint density at radius 2 is 2.13 bits per heavy atom. The summed E-state index contributed by atoms with van der Waals surface area (Å²) < 4.78 is 9.68. The molecule has 7 heteroatoms. The van der Waals surface area contributed by atoms with Gasteiger partial charge >= 0.3 is 6.09 Å². The molecule has 23 heavy (non-hydrogen) atoms. The second-order valence-electron chi connectivity index (χ2n) is 5.20. The van der Waals surface area contributed by atoms with Crippen molar-refractivity contribution in [3.05, 3.63) is 23.9 Å². The van der Waals surface area contributed by atoms with E-state index in [4.69, 9.17) is 10.5 Å². The molecule has 0 saturated carbocycles. The van der Waals surface area contributed by atoms with Crippen LogP contribution in [0.4, 0.5) is 10.6 Å². The number of amides is 1. The molecule has 0 aromatic carbocycles. The van der Waals surface area contributed by atoms with E-state index in [1.165, 1.54) is 4.90 Å². The Bertz CT molecular complexity index is 466. The minimum Gasteiger partial charge on any atom is -0.463 e. The van der Waals surface area contributed by atoms with Crippen LogP contribution in [0.15, 0.2) is 18.3 Å². The summed E-state index contributed by atoms with van der Waals surface area (Å²) in [6.07, 6.45) is 1.83. The fraction of sp³-hybridized carbons (Fsp3) is 0.562. The molecular weight excluding hydrogens is 298 g/mol. The molecule has 0 atom stereocenters. The van der Waals surface area contributed by atoms with Gasteiger partial charge in [0.15, 0.2) is 0 Å². The van der Waals surface area contributed by atoms with Gasteiger partial charge in [0.2, 0.25) is 0 Å². The van der Waals surface area contributed by atoms with Gasteiger partial charge in [0.25, 0.3) is 6.47 Å². The second-order valence-corrected chi connectivity index (χ2v) is 5.20. The Morgan fingerprint density at radius 1 is 1.48 bits per heavy atom. The van der Waals surface area contributed by atoms with E-state index in [2.05, 4.69) is 23.6 Å². The number of nitrogens with two attached hydrogens (primary N) is 1. The smallest absolute Gasteiger partial charge is 0.415 e. The quantitative estimate of drug-likeness (QED) is 0.773. The van der Waals surface area contributed by atoms with Crippen LogP contribution < -0.4 is 10.6 Å². The van der Waals surface area contributed by atoms with Gasteiger partial charge in [-0.25, -0.2) is 9.78 Å². The van der Waals surface area contributed by atoms with E-state index in [1.54, 1.807) is 25.4 Å². The molecule has 1 rings (SSSR count). The Hall–Kier alpha value is -2.15. The largest absolute Gasteiger partial charge is 0.463 e. The molecule has 0 fully saturated rings. The first-order valence-corrected chi connectivity index (χ1v) is 7.57. The molecule has 1 aromatic rings. The summed E-state index contributed by atoms with van der Waals surface area (Å²) in [6, 6.07) is 3.44. The molecule has 0 radical (unpaired) electrons. The zero-order chi connectivity index (χ0) is 17.7. The number of ether oxygens (including phenoxy) is 2. The zero-order valence-corrected chi connectivity index (χ0v) is 14.3. The summed E-state index contributed by atoms with van der Waals surface area (Å²) in [5, 5.41) is 0. The van der Waals surface area contributed by atoms with E-state index in [0.29, 0.717) is 30.4 Å². The fourth-order valence-electron chi connectivity index (χ4n) is 1.34. The van der Waals surface area contributed by atoms with Crippen molar-refractivity contribution in [3.8, 4) is 0 Å². The van der Waals surface area contributed by atoms with Gasteiger partial charge in [-0.3, -0.25) is 9.69 Å². The maximum Gasteiger partial charge on any atom is 0.415 e. The Kier molecular flexibility index (Phi) is 11.2. The van der Waals surface area contributed by atoms with Crippen LogP contribution in [-0.2, 0) is 20.9 Å². The number of aromatic nitrogens is 1. The molecule has 0 unspecified atom stereocenters. The average molecular weight is 325 g/mol. The van der Waals surface area contributed by atoms with Gasteiger partial charge in [0.1, 0.15) is 12.4 Å². The van der Waals surface area contributed by atoms with Gasteiger partial charge in [-0.2, -0.15) is 0 Å². The minimum absolute atomic E-state index is 0.0675. The maximum absolute atomic E-state index is 11.7. The third-order valence-electron chi connectivity index (χ3n) is 2.67. The standard InChI is InChI=1S/C12H16N2O4.C4H11N/c1-3-7-18-12(16)14(2)11-10(8-17-9-15)5-4-6-13-11;1-4(2)3-5/h4-6,9H,3,7-8H2,1-2H3;4H,3,5H2,1-2H3. The lowest BCUT2D eigenvalue weighted by Gasteiger charge is -2.18. The predicted octanol–water partition coefficient (Wildman–Crippen LogP) is 2.34. The van der Waals surface area contributed by atoms with Gasteiger partial charge in [-0.15, -0.1) is 0 Å². The van der Waals surface area contributed by atoms with E-state index >= 15 is 0 Å². The molecule has 0 spiro atoms. The van der Waals surface area contributed by atoms with Crippen molar-refractivity contribution in [2.75, 3.05) is 25.1 Å². The van der Waals surface area contributed by atoms with Crippen LogP contribution in [-0.4, -0.2) is 37.7 Å². The highest BCUT2D eigenvalue weighted by molar-refractivity contribution is 5.86. The van der Waals surface area contributed by atoms with Crippen molar-refractivity contribution >= 4 is 18.4 Å². The van der Waals surface area contributed by atoms with Crippen LogP contribution in [0.5, 0.6) is 0 Å². The predicted molar refractivity (Wildman–Crippen MR) is 89.0 cm³/mol. The normalized spacial score (nSPS) is 9.65. The Morgan fingerprint density at radius 3 is 2.65 bits per heavy atom. The first kappa shape index (κ1) is 20.9. The summed E-state index contributed by atoms with van der Waals surface area (Å²) in [7, 11) is 1.56. The number of hydrogen-bond acceptors (Lipinski definition) is 6. The van der Waals surface area contributed by atoms with Crippen LogP contribution in [0.2, 0.25) is 0 Å². The topological polar surface area (TPSA) is 94.8 Å². The third-order valence-corrected chi connectivity index (χ3v) is 2.67. The lowest BCUT2D eigenvalue weighted by Crippen LogP contribution is -2.29. The van der Waals surface area contributed by atoms with Gasteiger partial charge in [0, 0.05) is 18.8 Å². The van der Waals surface area contributed by atoms with Crippen LogP contribution in [0.3, 0.4) is 0 Å². The number of nitrogens with zero attached hydrogens (tertiary/aromatic N) is 2. The summed E-state index contributed by atoms with van der Waals surface area (Å²) >= 11 is 0. The van der Waals surface area contributed by atoms with Crippen LogP contribution in [0.25, 0.3) is 0 Å². The highest BCUT2D eigenvalue weighted by Gasteiger charge is 2.16. The molecule has 1 heterocycles. The number of hydrogen-bond donors (Lipinski definition) is 1. The summed E-state index contributed by atoms with van der Waals surface area (Å²) in [6.45, 7) is 7.69. The molecular formula is C16H27N3O4. The Balaban J connectivity index is 0.000000841. The fourth-order valence-corrected chi connectivity index (χ4v) is 1.34. The number of pyridine rings is 1. The molecule has 130 valence electrons. The van der Waals surface area contributed by atoms with Gasteiger partial charge in [-0.05, 0) is 24.9 Å². The van der Waals surface area contributed by atoms with Crippen molar-refractivity contribution in [3.63, 3.8) is 0 Å². The van der Waals surface area contributed by atoms with Crippen molar-refractivity contribution in [1.82, 2.24) is 4.98 Å². The van der Waals surface area contributed by atoms with Crippen LogP contribution in [0, 0.1) is 5.92 Å². The minimum atomic E-state index is -0.483. The molecule has 2 N–H and O–H groups in total. The van der Waals surface area contributed by atoms with Crippen molar-refractivity contribution in [1.29, 1.82) is 0 Å². The molecule has 0 bridgehead atoms. The lowest BCUT2D eigenvalue weighted by molar-refractivity contribution is -0.129. The molecule has 1 amide bonds. The van der Waals surface area contributed by atoms with Gasteiger partial charge in [0.05, 0.1) is 6.61 Å². The number of rotatable bonds is 7. The summed E-state index contributed by atoms with van der Waals surface area (Å²) in [5.41, 5.74) is 5.81. The average Bonchev–Trinajstić information content (AvgIpc) is 2.57. The highest BCUT2D eigenvalue weighted by atomic mass is 16.6. The molecule has 0 aliphatic rings. The summed E-state index contributed by atoms with van der Waals surface area (Å²) in [4.78, 5) is 27.2. The van der Waals surface area contributed by atoms with E-state index < -0.39 is 6.09 Å².